The summed E-state index contributed by atoms with van der Waals surface area (Å²) in [6.07, 6.45) is 1.31. The van der Waals surface area contributed by atoms with Gasteiger partial charge in [-0.05, 0) is 31.5 Å². The van der Waals surface area contributed by atoms with E-state index in [9.17, 15) is 14.3 Å². The van der Waals surface area contributed by atoms with Crippen molar-refractivity contribution in [3.63, 3.8) is 0 Å². The molecule has 0 bridgehead atoms. The molecule has 0 aromatic heterocycles. The minimum Gasteiger partial charge on any atom is -0.480 e. The number of aliphatic hydroxyl groups is 1. The van der Waals surface area contributed by atoms with Gasteiger partial charge in [-0.2, -0.15) is 5.10 Å². The standard InChI is InChI=1S/C15H18FN3O4/c1-3-22-14(20)12(15(21)23-4-2)13(17)19-18-9-10-5-7-11(16)8-6-10/h5-9,20H,3-4H2,1-2H3,(H2,17,19)/b14-12?,18-9-. The van der Waals surface area contributed by atoms with Gasteiger partial charge in [0.15, 0.2) is 11.4 Å². The van der Waals surface area contributed by atoms with E-state index in [0.29, 0.717) is 5.56 Å². The zero-order valence-corrected chi connectivity index (χ0v) is 12.8. The molecule has 0 unspecified atom stereocenters. The lowest BCUT2D eigenvalue weighted by molar-refractivity contribution is -0.138. The Labute approximate surface area is 132 Å². The van der Waals surface area contributed by atoms with Crippen molar-refractivity contribution in [1.82, 2.24) is 0 Å². The van der Waals surface area contributed by atoms with Crippen molar-refractivity contribution in [3.05, 3.63) is 47.2 Å². The number of rotatable bonds is 7. The van der Waals surface area contributed by atoms with Gasteiger partial charge in [0.05, 0.1) is 19.4 Å². The number of carbonyl (C=O) groups is 1. The summed E-state index contributed by atoms with van der Waals surface area (Å²) in [6, 6.07) is 5.51. The molecule has 0 spiro atoms. The fourth-order valence-corrected chi connectivity index (χ4v) is 1.47. The van der Waals surface area contributed by atoms with Crippen LogP contribution in [0.1, 0.15) is 19.4 Å². The molecule has 0 atom stereocenters. The zero-order valence-electron chi connectivity index (χ0n) is 12.8. The highest BCUT2D eigenvalue weighted by molar-refractivity contribution is 6.18. The molecule has 8 heteroatoms. The number of aliphatic hydroxyl groups excluding tert-OH is 1. The largest absolute Gasteiger partial charge is 0.480 e. The van der Waals surface area contributed by atoms with Crippen molar-refractivity contribution in [2.45, 2.75) is 13.8 Å². The van der Waals surface area contributed by atoms with Gasteiger partial charge in [0.25, 0.3) is 5.95 Å². The monoisotopic (exact) mass is 323 g/mol. The molecular formula is C15H18FN3O4. The van der Waals surface area contributed by atoms with Crippen molar-refractivity contribution in [2.75, 3.05) is 13.2 Å². The summed E-state index contributed by atoms with van der Waals surface area (Å²) in [5.41, 5.74) is 5.82. The summed E-state index contributed by atoms with van der Waals surface area (Å²) < 4.78 is 22.4. The van der Waals surface area contributed by atoms with Crippen molar-refractivity contribution < 1.29 is 23.8 Å². The number of esters is 1. The Morgan fingerprint density at radius 3 is 2.43 bits per heavy atom. The predicted molar refractivity (Wildman–Crippen MR) is 83.5 cm³/mol. The molecule has 1 aromatic carbocycles. The Hall–Kier alpha value is -2.90. The average Bonchev–Trinajstić information content (AvgIpc) is 2.50. The van der Waals surface area contributed by atoms with E-state index in [1.54, 1.807) is 13.8 Å². The van der Waals surface area contributed by atoms with Crippen LogP contribution in [0.15, 0.2) is 46.0 Å². The summed E-state index contributed by atoms with van der Waals surface area (Å²) in [6.45, 7) is 3.45. The van der Waals surface area contributed by atoms with Crippen molar-refractivity contribution in [3.8, 4) is 0 Å². The van der Waals surface area contributed by atoms with E-state index in [4.69, 9.17) is 15.2 Å². The Morgan fingerprint density at radius 2 is 1.87 bits per heavy atom. The number of halogens is 1. The van der Waals surface area contributed by atoms with Gasteiger partial charge in [-0.25, -0.2) is 9.18 Å². The van der Waals surface area contributed by atoms with Crippen LogP contribution < -0.4 is 5.73 Å². The van der Waals surface area contributed by atoms with Crippen LogP contribution in [0.25, 0.3) is 0 Å². The third-order valence-electron chi connectivity index (χ3n) is 2.47. The summed E-state index contributed by atoms with van der Waals surface area (Å²) >= 11 is 0. The number of nitrogens with two attached hydrogens (primary N) is 1. The number of amidine groups is 1. The summed E-state index contributed by atoms with van der Waals surface area (Å²) in [5, 5.41) is 17.0. The van der Waals surface area contributed by atoms with Crippen molar-refractivity contribution in [2.24, 2.45) is 15.9 Å². The summed E-state index contributed by atoms with van der Waals surface area (Å²) in [5.74, 6) is -2.31. The number of hydrogen-bond donors (Lipinski definition) is 2. The van der Waals surface area contributed by atoms with Crippen LogP contribution in [0.4, 0.5) is 4.39 Å². The van der Waals surface area contributed by atoms with Gasteiger partial charge in [-0.1, -0.05) is 12.1 Å². The van der Waals surface area contributed by atoms with E-state index in [1.807, 2.05) is 0 Å². The van der Waals surface area contributed by atoms with E-state index in [1.165, 1.54) is 30.5 Å². The van der Waals surface area contributed by atoms with Crippen LogP contribution in [0.3, 0.4) is 0 Å². The van der Waals surface area contributed by atoms with E-state index in [0.717, 1.165) is 0 Å². The fourth-order valence-electron chi connectivity index (χ4n) is 1.47. The van der Waals surface area contributed by atoms with Crippen LogP contribution in [0, 0.1) is 5.82 Å². The molecule has 0 radical (unpaired) electrons. The highest BCUT2D eigenvalue weighted by Crippen LogP contribution is 2.07. The van der Waals surface area contributed by atoms with Crippen LogP contribution in [-0.2, 0) is 14.3 Å². The molecule has 1 aromatic rings. The van der Waals surface area contributed by atoms with Gasteiger partial charge in [-0.3, -0.25) is 0 Å². The molecule has 0 saturated carbocycles. The lowest BCUT2D eigenvalue weighted by Gasteiger charge is -2.08. The van der Waals surface area contributed by atoms with E-state index >= 15 is 0 Å². The smallest absolute Gasteiger partial charge is 0.349 e. The van der Waals surface area contributed by atoms with Crippen LogP contribution in [-0.4, -0.2) is 36.3 Å². The molecular weight excluding hydrogens is 305 g/mol. The first-order valence-corrected chi connectivity index (χ1v) is 6.85. The average molecular weight is 323 g/mol. The Bertz CT molecular complexity index is 624. The van der Waals surface area contributed by atoms with Gasteiger partial charge < -0.3 is 20.3 Å². The molecule has 7 nitrogen and oxygen atoms in total. The number of ether oxygens (including phenoxy) is 2. The highest BCUT2D eigenvalue weighted by Gasteiger charge is 2.22. The molecule has 1 rings (SSSR count). The van der Waals surface area contributed by atoms with E-state index < -0.39 is 17.5 Å². The molecule has 0 aliphatic carbocycles. The minimum absolute atomic E-state index is 0.0911. The number of benzene rings is 1. The van der Waals surface area contributed by atoms with Gasteiger partial charge >= 0.3 is 5.97 Å². The van der Waals surface area contributed by atoms with Gasteiger partial charge in [0, 0.05) is 0 Å². The van der Waals surface area contributed by atoms with Gasteiger partial charge in [0.1, 0.15) is 5.82 Å². The first kappa shape index (κ1) is 18.1. The Kier molecular flexibility index (Phi) is 7.25. The molecule has 0 aliphatic heterocycles. The summed E-state index contributed by atoms with van der Waals surface area (Å²) in [4.78, 5) is 11.8. The zero-order chi connectivity index (χ0) is 17.2. The quantitative estimate of drug-likeness (QED) is 0.199. The topological polar surface area (TPSA) is 107 Å². The molecule has 0 aliphatic rings. The molecule has 0 fully saturated rings. The van der Waals surface area contributed by atoms with Crippen LogP contribution >= 0.6 is 0 Å². The fraction of sp³-hybridized carbons (Fsp3) is 0.267. The maximum Gasteiger partial charge on any atom is 0.349 e. The van der Waals surface area contributed by atoms with Gasteiger partial charge in [-0.15, -0.1) is 5.10 Å². The Balaban J connectivity index is 2.99. The van der Waals surface area contributed by atoms with Crippen molar-refractivity contribution >= 4 is 18.0 Å². The number of nitrogens with zero attached hydrogens (tertiary/aromatic N) is 2. The number of carbonyl (C=O) groups excluding carboxylic acids is 1. The van der Waals surface area contributed by atoms with Crippen molar-refractivity contribution in [1.29, 1.82) is 0 Å². The third-order valence-corrected chi connectivity index (χ3v) is 2.47. The van der Waals surface area contributed by atoms with E-state index in [2.05, 4.69) is 10.2 Å². The molecule has 0 saturated heterocycles. The second-order valence-electron chi connectivity index (χ2n) is 4.11. The number of hydrogen-bond acceptors (Lipinski definition) is 6. The molecule has 124 valence electrons. The SMILES string of the molecule is CCOC(=O)C(C(N)=N/N=C\c1ccc(F)cc1)=C(O)OCC. The predicted octanol–water partition coefficient (Wildman–Crippen LogP) is 1.89. The lowest BCUT2D eigenvalue weighted by atomic mass is 10.2. The maximum atomic E-state index is 12.8. The first-order valence-electron chi connectivity index (χ1n) is 6.85. The normalized spacial score (nSPS) is 12.9. The molecule has 23 heavy (non-hydrogen) atoms. The third kappa shape index (κ3) is 5.77. The maximum absolute atomic E-state index is 12.8. The Morgan fingerprint density at radius 1 is 1.26 bits per heavy atom. The minimum atomic E-state index is -0.878. The lowest BCUT2D eigenvalue weighted by Crippen LogP contribution is -2.25. The second kappa shape index (κ2) is 9.19. The first-order chi connectivity index (χ1) is 11.0. The van der Waals surface area contributed by atoms with Gasteiger partial charge in [0.2, 0.25) is 0 Å². The van der Waals surface area contributed by atoms with Crippen LogP contribution in [0.5, 0.6) is 0 Å². The second-order valence-corrected chi connectivity index (χ2v) is 4.11. The molecule has 0 heterocycles. The van der Waals surface area contributed by atoms with Crippen LogP contribution in [0.2, 0.25) is 0 Å². The molecule has 3 N–H and O–H groups in total. The molecule has 0 amide bonds. The summed E-state index contributed by atoms with van der Waals surface area (Å²) in [7, 11) is 0. The highest BCUT2D eigenvalue weighted by atomic mass is 19.1. The van der Waals surface area contributed by atoms with E-state index in [-0.39, 0.29) is 24.9 Å².